The fourth-order valence-corrected chi connectivity index (χ4v) is 3.22. The number of carbonyl (C=O) groups is 1. The van der Waals surface area contributed by atoms with E-state index in [1.807, 2.05) is 0 Å². The number of halogens is 1. The summed E-state index contributed by atoms with van der Waals surface area (Å²) in [6.45, 7) is 6.00. The molecule has 2 rings (SSSR count). The first-order valence-corrected chi connectivity index (χ1v) is 9.55. The Balaban J connectivity index is 0.00000364. The van der Waals surface area contributed by atoms with Gasteiger partial charge in [0.1, 0.15) is 6.54 Å². The number of nitrogens with zero attached hydrogens (tertiary/aromatic N) is 2. The van der Waals surface area contributed by atoms with E-state index >= 15 is 0 Å². The molecular weight excluding hydrogens is 455 g/mol. The highest BCUT2D eigenvalue weighted by molar-refractivity contribution is 14.0. The highest BCUT2D eigenvalue weighted by Gasteiger charge is 2.21. The summed E-state index contributed by atoms with van der Waals surface area (Å²) in [5, 5.41) is 6.11. The van der Waals surface area contributed by atoms with Gasteiger partial charge in [0.2, 0.25) is 5.91 Å². The largest absolute Gasteiger partial charge is 0.383 e. The van der Waals surface area contributed by atoms with Crippen molar-refractivity contribution >= 4 is 35.8 Å². The Labute approximate surface area is 180 Å². The lowest BCUT2D eigenvalue weighted by Crippen LogP contribution is -2.46. The zero-order valence-electron chi connectivity index (χ0n) is 16.4. The van der Waals surface area contributed by atoms with Crippen molar-refractivity contribution in [3.8, 4) is 0 Å². The van der Waals surface area contributed by atoms with Gasteiger partial charge in [0.05, 0.1) is 6.61 Å². The Morgan fingerprint density at radius 3 is 2.56 bits per heavy atom. The molecule has 0 atom stereocenters. The van der Waals surface area contributed by atoms with Crippen LogP contribution in [-0.2, 0) is 16.0 Å². The summed E-state index contributed by atoms with van der Waals surface area (Å²) in [7, 11) is 1.62. The second-order valence-corrected chi connectivity index (χ2v) is 6.63. The molecule has 1 amide bonds. The van der Waals surface area contributed by atoms with E-state index in [2.05, 4.69) is 57.8 Å². The Morgan fingerprint density at radius 2 is 1.93 bits per heavy atom. The molecule has 0 spiro atoms. The van der Waals surface area contributed by atoms with Crippen LogP contribution in [0.5, 0.6) is 0 Å². The second-order valence-electron chi connectivity index (χ2n) is 6.63. The van der Waals surface area contributed by atoms with Gasteiger partial charge >= 0.3 is 0 Å². The molecule has 7 heteroatoms. The predicted octanol–water partition coefficient (Wildman–Crippen LogP) is 2.29. The zero-order valence-corrected chi connectivity index (χ0v) is 18.8. The number of amides is 1. The number of methoxy groups -OCH3 is 1. The fraction of sp³-hybridized carbons (Fsp3) is 0.600. The van der Waals surface area contributed by atoms with Gasteiger partial charge < -0.3 is 20.3 Å². The van der Waals surface area contributed by atoms with Gasteiger partial charge in [-0.25, -0.2) is 4.99 Å². The molecule has 0 bridgehead atoms. The third-order valence-corrected chi connectivity index (χ3v) is 4.62. The first-order chi connectivity index (χ1) is 12.7. The van der Waals surface area contributed by atoms with Crippen LogP contribution in [0.4, 0.5) is 0 Å². The standard InChI is InChI=1S/C20H32N4O2.HI/c1-3-21-20(23-16-19(25)22-11-14-26-2)24-12-9-18(10-13-24)15-17-7-5-4-6-8-17;/h4-8,18H,3,9-16H2,1-2H3,(H,21,23)(H,22,25);1H. The highest BCUT2D eigenvalue weighted by atomic mass is 127. The van der Waals surface area contributed by atoms with Crippen LogP contribution in [0.1, 0.15) is 25.3 Å². The van der Waals surface area contributed by atoms with Gasteiger partial charge in [-0.2, -0.15) is 0 Å². The number of rotatable bonds is 8. The minimum absolute atomic E-state index is 0. The topological polar surface area (TPSA) is 66.0 Å². The molecule has 0 aromatic heterocycles. The number of ether oxygens (including phenoxy) is 1. The first-order valence-electron chi connectivity index (χ1n) is 9.55. The average Bonchev–Trinajstić information content (AvgIpc) is 2.67. The maximum atomic E-state index is 11.8. The van der Waals surface area contributed by atoms with Crippen molar-refractivity contribution < 1.29 is 9.53 Å². The van der Waals surface area contributed by atoms with E-state index in [0.717, 1.165) is 44.9 Å². The number of hydrogen-bond acceptors (Lipinski definition) is 3. The number of nitrogens with one attached hydrogen (secondary N) is 2. The molecule has 1 aliphatic rings. The third kappa shape index (κ3) is 8.92. The van der Waals surface area contributed by atoms with Gasteiger partial charge in [-0.1, -0.05) is 30.3 Å². The van der Waals surface area contributed by atoms with Crippen molar-refractivity contribution in [3.63, 3.8) is 0 Å². The van der Waals surface area contributed by atoms with Gasteiger partial charge in [0.25, 0.3) is 0 Å². The Hall–Kier alpha value is -1.35. The van der Waals surface area contributed by atoms with Crippen molar-refractivity contribution in [1.29, 1.82) is 0 Å². The molecule has 1 saturated heterocycles. The van der Waals surface area contributed by atoms with Crippen molar-refractivity contribution in [2.24, 2.45) is 10.9 Å². The van der Waals surface area contributed by atoms with Crippen molar-refractivity contribution in [1.82, 2.24) is 15.5 Å². The van der Waals surface area contributed by atoms with Gasteiger partial charge in [0.15, 0.2) is 5.96 Å². The molecule has 1 aromatic rings. The van der Waals surface area contributed by atoms with Crippen molar-refractivity contribution in [2.75, 3.05) is 46.4 Å². The highest BCUT2D eigenvalue weighted by Crippen LogP contribution is 2.21. The van der Waals surface area contributed by atoms with Crippen LogP contribution in [0, 0.1) is 5.92 Å². The van der Waals surface area contributed by atoms with E-state index < -0.39 is 0 Å². The SMILES string of the molecule is CCNC(=NCC(=O)NCCOC)N1CCC(Cc2ccccc2)CC1.I. The smallest absolute Gasteiger partial charge is 0.241 e. The van der Waals surface area contributed by atoms with Crippen LogP contribution in [0.3, 0.4) is 0 Å². The summed E-state index contributed by atoms with van der Waals surface area (Å²) in [6.07, 6.45) is 3.45. The van der Waals surface area contributed by atoms with Gasteiger partial charge in [-0.05, 0) is 37.7 Å². The number of aliphatic imine (C=N–C) groups is 1. The third-order valence-electron chi connectivity index (χ3n) is 4.62. The summed E-state index contributed by atoms with van der Waals surface area (Å²) < 4.78 is 4.93. The Kier molecular flexibility index (Phi) is 12.1. The van der Waals surface area contributed by atoms with E-state index in [9.17, 15) is 4.79 Å². The average molecular weight is 488 g/mol. The number of likely N-dealkylation sites (tertiary alicyclic amines) is 1. The maximum absolute atomic E-state index is 11.8. The summed E-state index contributed by atoms with van der Waals surface area (Å²) in [6, 6.07) is 10.7. The van der Waals surface area contributed by atoms with Gasteiger partial charge in [0, 0.05) is 33.3 Å². The van der Waals surface area contributed by atoms with E-state index in [1.54, 1.807) is 7.11 Å². The summed E-state index contributed by atoms with van der Waals surface area (Å²) in [5.41, 5.74) is 1.42. The molecule has 0 saturated carbocycles. The van der Waals surface area contributed by atoms with E-state index in [1.165, 1.54) is 5.56 Å². The number of guanidine groups is 1. The normalized spacial score (nSPS) is 15.2. The summed E-state index contributed by atoms with van der Waals surface area (Å²) in [4.78, 5) is 18.6. The summed E-state index contributed by atoms with van der Waals surface area (Å²) >= 11 is 0. The zero-order chi connectivity index (χ0) is 18.6. The van der Waals surface area contributed by atoms with E-state index in [0.29, 0.717) is 19.1 Å². The molecule has 1 heterocycles. The molecule has 0 aliphatic carbocycles. The number of benzene rings is 1. The monoisotopic (exact) mass is 488 g/mol. The van der Waals surface area contributed by atoms with Crippen LogP contribution in [0.25, 0.3) is 0 Å². The van der Waals surface area contributed by atoms with E-state index in [4.69, 9.17) is 4.74 Å². The molecule has 1 fully saturated rings. The lowest BCUT2D eigenvalue weighted by molar-refractivity contribution is -0.119. The van der Waals surface area contributed by atoms with Crippen LogP contribution in [0.2, 0.25) is 0 Å². The lowest BCUT2D eigenvalue weighted by Gasteiger charge is -2.34. The molecule has 152 valence electrons. The molecule has 0 unspecified atom stereocenters. The van der Waals surface area contributed by atoms with Crippen molar-refractivity contribution in [2.45, 2.75) is 26.2 Å². The van der Waals surface area contributed by atoms with Crippen LogP contribution < -0.4 is 10.6 Å². The summed E-state index contributed by atoms with van der Waals surface area (Å²) in [5.74, 6) is 1.48. The molecule has 0 radical (unpaired) electrons. The van der Waals surface area contributed by atoms with Gasteiger partial charge in [-0.15, -0.1) is 24.0 Å². The molecule has 27 heavy (non-hydrogen) atoms. The maximum Gasteiger partial charge on any atom is 0.241 e. The Morgan fingerprint density at radius 1 is 1.22 bits per heavy atom. The second kappa shape index (κ2) is 13.8. The molecule has 1 aromatic carbocycles. The number of piperidine rings is 1. The van der Waals surface area contributed by atoms with Crippen LogP contribution in [-0.4, -0.2) is 63.2 Å². The lowest BCUT2D eigenvalue weighted by atomic mass is 9.90. The van der Waals surface area contributed by atoms with Crippen LogP contribution >= 0.6 is 24.0 Å². The quantitative estimate of drug-likeness (QED) is 0.255. The predicted molar refractivity (Wildman–Crippen MR) is 121 cm³/mol. The minimum atomic E-state index is -0.0728. The van der Waals surface area contributed by atoms with Crippen LogP contribution in [0.15, 0.2) is 35.3 Å². The van der Waals surface area contributed by atoms with E-state index in [-0.39, 0.29) is 36.4 Å². The minimum Gasteiger partial charge on any atom is -0.383 e. The van der Waals surface area contributed by atoms with Crippen molar-refractivity contribution in [3.05, 3.63) is 35.9 Å². The molecule has 2 N–H and O–H groups in total. The number of hydrogen-bond donors (Lipinski definition) is 2. The molecular formula is C20H33IN4O2. The first kappa shape index (κ1) is 23.7. The Bertz CT molecular complexity index is 560. The fourth-order valence-electron chi connectivity index (χ4n) is 3.22. The molecule has 1 aliphatic heterocycles. The number of carbonyl (C=O) groups excluding carboxylic acids is 1. The van der Waals surface area contributed by atoms with Gasteiger partial charge in [-0.3, -0.25) is 4.79 Å². The molecule has 6 nitrogen and oxygen atoms in total.